The fourth-order valence-electron chi connectivity index (χ4n) is 2.55. The summed E-state index contributed by atoms with van der Waals surface area (Å²) in [7, 11) is 1.53. The molecule has 3 N–H and O–H groups in total. The number of aliphatic hydroxyl groups is 1. The Bertz CT molecular complexity index is 456. The quantitative estimate of drug-likeness (QED) is 0.805. The van der Waals surface area contributed by atoms with E-state index in [0.29, 0.717) is 23.7 Å². The minimum Gasteiger partial charge on any atom is -0.495 e. The van der Waals surface area contributed by atoms with E-state index in [-0.39, 0.29) is 12.4 Å². The van der Waals surface area contributed by atoms with Crippen LogP contribution in [0.15, 0.2) is 12.1 Å². The van der Waals surface area contributed by atoms with Crippen LogP contribution in [0.2, 0.25) is 0 Å². The zero-order valence-electron chi connectivity index (χ0n) is 11.8. The molecule has 0 radical (unpaired) electrons. The topological polar surface area (TPSA) is 62.0 Å². The van der Waals surface area contributed by atoms with Crippen molar-refractivity contribution in [3.05, 3.63) is 17.9 Å². The summed E-state index contributed by atoms with van der Waals surface area (Å²) in [5, 5.41) is 8.99. The van der Waals surface area contributed by atoms with Gasteiger partial charge in [0.05, 0.1) is 25.1 Å². The number of hydrogen-bond donors (Lipinski definition) is 2. The maximum atomic E-state index is 14.1. The molecule has 0 bridgehead atoms. The summed E-state index contributed by atoms with van der Waals surface area (Å²) < 4.78 is 19.3. The molecule has 6 heteroatoms. The number of aliphatic hydroxyl groups excluding tert-OH is 1. The van der Waals surface area contributed by atoms with Crippen molar-refractivity contribution in [2.45, 2.75) is 6.42 Å². The average molecular weight is 283 g/mol. The lowest BCUT2D eigenvalue weighted by atomic mass is 10.2. The van der Waals surface area contributed by atoms with Crippen molar-refractivity contribution in [3.63, 3.8) is 0 Å². The largest absolute Gasteiger partial charge is 0.495 e. The molecule has 1 saturated heterocycles. The smallest absolute Gasteiger partial charge is 0.148 e. The van der Waals surface area contributed by atoms with Crippen molar-refractivity contribution < 1.29 is 14.2 Å². The zero-order chi connectivity index (χ0) is 14.5. The molecular formula is C14H22FN3O2. The Morgan fingerprint density at radius 2 is 2.10 bits per heavy atom. The van der Waals surface area contributed by atoms with Gasteiger partial charge >= 0.3 is 0 Å². The molecule has 1 fully saturated rings. The summed E-state index contributed by atoms with van der Waals surface area (Å²) in [6, 6.07) is 2.97. The van der Waals surface area contributed by atoms with Crippen LogP contribution in [-0.4, -0.2) is 56.4 Å². The standard InChI is InChI=1S/C14H22FN3O2/c1-20-14-10-13(11(15)9-12(14)16)18-4-2-3-17(5-6-18)7-8-19/h9-10,19H,2-8,16H2,1H3. The molecule has 2 rings (SSSR count). The van der Waals surface area contributed by atoms with Crippen LogP contribution < -0.4 is 15.4 Å². The number of halogens is 1. The van der Waals surface area contributed by atoms with Crippen molar-refractivity contribution in [1.82, 2.24) is 4.90 Å². The minimum absolute atomic E-state index is 0.157. The third-order valence-corrected chi connectivity index (χ3v) is 3.64. The van der Waals surface area contributed by atoms with Crippen molar-refractivity contribution >= 4 is 11.4 Å². The third kappa shape index (κ3) is 3.32. The summed E-state index contributed by atoms with van der Waals surface area (Å²) in [6.07, 6.45) is 0.937. The van der Waals surface area contributed by atoms with Gasteiger partial charge in [-0.25, -0.2) is 4.39 Å². The van der Waals surface area contributed by atoms with Gasteiger partial charge in [0.15, 0.2) is 0 Å². The molecule has 1 aromatic carbocycles. The monoisotopic (exact) mass is 283 g/mol. The van der Waals surface area contributed by atoms with Gasteiger partial charge in [0, 0.05) is 38.3 Å². The first kappa shape index (κ1) is 14.9. The van der Waals surface area contributed by atoms with Gasteiger partial charge in [-0.3, -0.25) is 4.90 Å². The second-order valence-corrected chi connectivity index (χ2v) is 4.95. The molecular weight excluding hydrogens is 261 g/mol. The third-order valence-electron chi connectivity index (χ3n) is 3.64. The van der Waals surface area contributed by atoms with Crippen LogP contribution in [0.5, 0.6) is 5.75 Å². The van der Waals surface area contributed by atoms with E-state index in [4.69, 9.17) is 15.6 Å². The number of benzene rings is 1. The molecule has 112 valence electrons. The van der Waals surface area contributed by atoms with Crippen LogP contribution in [0.4, 0.5) is 15.8 Å². The van der Waals surface area contributed by atoms with Gasteiger partial charge in [-0.1, -0.05) is 0 Å². The van der Waals surface area contributed by atoms with Crippen LogP contribution in [0, 0.1) is 5.82 Å². The van der Waals surface area contributed by atoms with Gasteiger partial charge in [-0.05, 0) is 13.0 Å². The van der Waals surface area contributed by atoms with Gasteiger partial charge in [0.25, 0.3) is 0 Å². The lowest BCUT2D eigenvalue weighted by Crippen LogP contribution is -2.32. The van der Waals surface area contributed by atoms with Crippen LogP contribution in [0.1, 0.15) is 6.42 Å². The number of rotatable bonds is 4. The van der Waals surface area contributed by atoms with E-state index in [0.717, 1.165) is 32.6 Å². The predicted molar refractivity (Wildman–Crippen MR) is 77.7 cm³/mol. The zero-order valence-corrected chi connectivity index (χ0v) is 11.8. The predicted octanol–water partition coefficient (Wildman–Crippen LogP) is 0.921. The molecule has 1 aromatic rings. The van der Waals surface area contributed by atoms with Gasteiger partial charge in [-0.15, -0.1) is 0 Å². The lowest BCUT2D eigenvalue weighted by molar-refractivity contribution is 0.204. The first-order valence-electron chi connectivity index (χ1n) is 6.87. The number of ether oxygens (including phenoxy) is 1. The highest BCUT2D eigenvalue weighted by Crippen LogP contribution is 2.31. The number of nitrogens with two attached hydrogens (primary N) is 1. The molecule has 1 aliphatic heterocycles. The Morgan fingerprint density at radius 1 is 1.30 bits per heavy atom. The van der Waals surface area contributed by atoms with Gasteiger partial charge in [-0.2, -0.15) is 0 Å². The number of methoxy groups -OCH3 is 1. The van der Waals surface area contributed by atoms with Gasteiger partial charge < -0.3 is 20.5 Å². The Hall–Kier alpha value is -1.53. The molecule has 0 unspecified atom stereocenters. The van der Waals surface area contributed by atoms with E-state index in [1.165, 1.54) is 13.2 Å². The van der Waals surface area contributed by atoms with Gasteiger partial charge in [0.2, 0.25) is 0 Å². The van der Waals surface area contributed by atoms with Crippen molar-refractivity contribution in [2.24, 2.45) is 0 Å². The van der Waals surface area contributed by atoms with E-state index in [1.54, 1.807) is 6.07 Å². The molecule has 1 aliphatic rings. The lowest BCUT2D eigenvalue weighted by Gasteiger charge is -2.24. The number of hydrogen-bond acceptors (Lipinski definition) is 5. The normalized spacial score (nSPS) is 17.1. The van der Waals surface area contributed by atoms with E-state index >= 15 is 0 Å². The van der Waals surface area contributed by atoms with E-state index in [9.17, 15) is 4.39 Å². The second kappa shape index (κ2) is 6.76. The van der Waals surface area contributed by atoms with Crippen LogP contribution in [0.25, 0.3) is 0 Å². The number of nitrogens with zero attached hydrogens (tertiary/aromatic N) is 2. The van der Waals surface area contributed by atoms with Crippen LogP contribution in [0.3, 0.4) is 0 Å². The summed E-state index contributed by atoms with van der Waals surface area (Å²) in [5.74, 6) is 0.178. The average Bonchev–Trinajstić information content (AvgIpc) is 2.65. The minimum atomic E-state index is -0.320. The molecule has 0 aromatic heterocycles. The summed E-state index contributed by atoms with van der Waals surface area (Å²) in [6.45, 7) is 4.07. The Kier molecular flexibility index (Phi) is 5.03. The molecule has 20 heavy (non-hydrogen) atoms. The van der Waals surface area contributed by atoms with Crippen LogP contribution >= 0.6 is 0 Å². The first-order valence-corrected chi connectivity index (χ1v) is 6.87. The number of β-amino-alcohol motifs (C(OH)–C–C–N with tert-alkyl or cyclic N) is 1. The van der Waals surface area contributed by atoms with E-state index in [2.05, 4.69) is 4.90 Å². The van der Waals surface area contributed by atoms with E-state index < -0.39 is 0 Å². The molecule has 0 amide bonds. The molecule has 0 atom stereocenters. The highest BCUT2D eigenvalue weighted by atomic mass is 19.1. The maximum Gasteiger partial charge on any atom is 0.148 e. The summed E-state index contributed by atoms with van der Waals surface area (Å²) >= 11 is 0. The first-order chi connectivity index (χ1) is 9.65. The fourth-order valence-corrected chi connectivity index (χ4v) is 2.55. The van der Waals surface area contributed by atoms with Gasteiger partial charge in [0.1, 0.15) is 11.6 Å². The fraction of sp³-hybridized carbons (Fsp3) is 0.571. The number of nitrogen functional groups attached to an aromatic ring is 1. The summed E-state index contributed by atoms with van der Waals surface area (Å²) in [4.78, 5) is 4.20. The second-order valence-electron chi connectivity index (χ2n) is 4.95. The van der Waals surface area contributed by atoms with Crippen molar-refractivity contribution in [1.29, 1.82) is 0 Å². The Labute approximate surface area is 118 Å². The molecule has 0 spiro atoms. The highest BCUT2D eigenvalue weighted by molar-refractivity contribution is 5.63. The highest BCUT2D eigenvalue weighted by Gasteiger charge is 2.19. The molecule has 1 heterocycles. The van der Waals surface area contributed by atoms with Crippen LogP contribution in [-0.2, 0) is 0 Å². The Balaban J connectivity index is 2.15. The van der Waals surface area contributed by atoms with E-state index in [1.807, 2.05) is 4.90 Å². The van der Waals surface area contributed by atoms with Crippen molar-refractivity contribution in [2.75, 3.05) is 57.1 Å². The SMILES string of the molecule is COc1cc(N2CCCN(CCO)CC2)c(F)cc1N. The number of anilines is 2. The Morgan fingerprint density at radius 3 is 2.80 bits per heavy atom. The maximum absolute atomic E-state index is 14.1. The summed E-state index contributed by atoms with van der Waals surface area (Å²) in [5.41, 5.74) is 6.54. The molecule has 0 aliphatic carbocycles. The molecule has 0 saturated carbocycles. The molecule has 5 nitrogen and oxygen atoms in total. The van der Waals surface area contributed by atoms with Crippen molar-refractivity contribution in [3.8, 4) is 5.75 Å².